The zero-order chi connectivity index (χ0) is 26.1. The summed E-state index contributed by atoms with van der Waals surface area (Å²) in [5.74, 6) is -2.46. The molecule has 1 N–H and O–H groups in total. The highest BCUT2D eigenvalue weighted by Crippen LogP contribution is 2.60. The molecule has 186 valence electrons. The molecule has 0 saturated carbocycles. The molecule has 8 heteroatoms. The molecule has 0 radical (unpaired) electrons. The maximum Gasteiger partial charge on any atom is 0.337 e. The Hall–Kier alpha value is -4.49. The lowest BCUT2D eigenvalue weighted by Crippen LogP contribution is -2.41. The van der Waals surface area contributed by atoms with E-state index in [0.717, 1.165) is 27.3 Å². The summed E-state index contributed by atoms with van der Waals surface area (Å²) in [7, 11) is 0. The molecule has 2 atom stereocenters. The number of nitrogens with zero attached hydrogens (tertiary/aromatic N) is 2. The van der Waals surface area contributed by atoms with E-state index in [4.69, 9.17) is 16.0 Å². The van der Waals surface area contributed by atoms with Gasteiger partial charge >= 0.3 is 5.97 Å². The molecule has 3 aliphatic carbocycles. The summed E-state index contributed by atoms with van der Waals surface area (Å²) in [4.78, 5) is 38.7. The minimum atomic E-state index is -1.14. The fourth-order valence-electron chi connectivity index (χ4n) is 6.31. The zero-order valence-corrected chi connectivity index (χ0v) is 20.5. The summed E-state index contributed by atoms with van der Waals surface area (Å²) < 4.78 is 5.81. The summed E-state index contributed by atoms with van der Waals surface area (Å²) in [6, 6.07) is 24.0. The van der Waals surface area contributed by atoms with Gasteiger partial charge in [-0.3, -0.25) is 9.59 Å². The first-order chi connectivity index (χ1) is 18.4. The van der Waals surface area contributed by atoms with Crippen LogP contribution in [-0.4, -0.2) is 34.1 Å². The molecule has 2 bridgehead atoms. The highest BCUT2D eigenvalue weighted by Gasteiger charge is 2.61. The third-order valence-electron chi connectivity index (χ3n) is 7.83. The van der Waals surface area contributed by atoms with Crippen LogP contribution in [0.25, 0.3) is 11.3 Å². The van der Waals surface area contributed by atoms with Gasteiger partial charge in [-0.15, -0.1) is 0 Å². The average molecular weight is 523 g/mol. The van der Waals surface area contributed by atoms with Gasteiger partial charge in [-0.05, 0) is 52.6 Å². The topological polar surface area (TPSA) is 100 Å². The number of benzene rings is 3. The summed E-state index contributed by atoms with van der Waals surface area (Å²) in [5, 5.41) is 14.7. The molecule has 8 rings (SSSR count). The number of hydrazone groups is 1. The Kier molecular flexibility index (Phi) is 4.93. The number of halogens is 1. The normalized spacial score (nSPS) is 23.0. The van der Waals surface area contributed by atoms with Crippen molar-refractivity contribution in [2.75, 3.05) is 0 Å². The highest BCUT2D eigenvalue weighted by molar-refractivity contribution is 6.33. The summed E-state index contributed by atoms with van der Waals surface area (Å²) in [5.41, 5.74) is 4.89. The fraction of sp³-hybridized carbons (Fsp3) is 0.133. The standard InChI is InChI=1S/C30H19ClN2O5/c31-22-11-9-15(13-21(22)30(36)37)23-12-10-16(38-23)14-32-33-28(34)26-24-17-5-1-2-6-18(17)25(27(26)29(33)35)20-8-4-3-7-19(20)24/h1-14,24-27H,(H,36,37)/b32-14-/t24?,25?,26-,27-/m0/s1. The molecule has 1 aromatic heterocycles. The number of carboxylic acids is 1. The van der Waals surface area contributed by atoms with Crippen LogP contribution in [0, 0.1) is 11.8 Å². The zero-order valence-electron chi connectivity index (χ0n) is 19.7. The molecule has 2 heterocycles. The van der Waals surface area contributed by atoms with Crippen molar-refractivity contribution in [3.8, 4) is 11.3 Å². The largest absolute Gasteiger partial charge is 0.478 e. The second-order valence-electron chi connectivity index (χ2n) is 9.70. The highest BCUT2D eigenvalue weighted by atomic mass is 35.5. The van der Waals surface area contributed by atoms with Crippen molar-refractivity contribution < 1.29 is 23.9 Å². The maximum absolute atomic E-state index is 13.6. The number of aromatic carboxylic acids is 1. The minimum absolute atomic E-state index is 0.0386. The van der Waals surface area contributed by atoms with Crippen LogP contribution in [0.3, 0.4) is 0 Å². The van der Waals surface area contributed by atoms with E-state index >= 15 is 0 Å². The first kappa shape index (κ1) is 22.7. The molecular formula is C30H19ClN2O5. The van der Waals surface area contributed by atoms with Gasteiger partial charge in [0.2, 0.25) is 0 Å². The van der Waals surface area contributed by atoms with Crippen LogP contribution < -0.4 is 0 Å². The Balaban J connectivity index is 1.21. The third kappa shape index (κ3) is 3.15. The first-order valence-corrected chi connectivity index (χ1v) is 12.5. The van der Waals surface area contributed by atoms with Crippen molar-refractivity contribution in [3.05, 3.63) is 117 Å². The fourth-order valence-corrected chi connectivity index (χ4v) is 6.51. The van der Waals surface area contributed by atoms with E-state index in [1.54, 1.807) is 18.2 Å². The minimum Gasteiger partial charge on any atom is -0.478 e. The van der Waals surface area contributed by atoms with Gasteiger partial charge in [0.1, 0.15) is 11.5 Å². The molecule has 1 saturated heterocycles. The maximum atomic E-state index is 13.6. The van der Waals surface area contributed by atoms with Crippen LogP contribution in [0.2, 0.25) is 5.02 Å². The Morgan fingerprint density at radius 3 is 1.92 bits per heavy atom. The molecule has 7 nitrogen and oxygen atoms in total. The number of hydrogen-bond donors (Lipinski definition) is 1. The van der Waals surface area contributed by atoms with Crippen LogP contribution in [0.15, 0.2) is 88.4 Å². The van der Waals surface area contributed by atoms with Crippen LogP contribution in [0.1, 0.15) is 50.2 Å². The SMILES string of the molecule is O=C(O)c1cc(-c2ccc(/C=N\N3C(=O)[C@H]4C5c6ccccc6C(c6ccccc65)[C@@H]4C3=O)o2)ccc1Cl. The van der Waals surface area contributed by atoms with Crippen LogP contribution in [0.4, 0.5) is 0 Å². The third-order valence-corrected chi connectivity index (χ3v) is 8.16. The molecular weight excluding hydrogens is 504 g/mol. The molecule has 0 unspecified atom stereocenters. The number of amides is 2. The Labute approximate surface area is 222 Å². The van der Waals surface area contributed by atoms with E-state index in [1.165, 1.54) is 18.3 Å². The predicted molar refractivity (Wildman–Crippen MR) is 139 cm³/mol. The lowest BCUT2D eigenvalue weighted by molar-refractivity contribution is -0.139. The summed E-state index contributed by atoms with van der Waals surface area (Å²) >= 11 is 5.97. The van der Waals surface area contributed by atoms with E-state index in [0.29, 0.717) is 17.1 Å². The molecule has 0 spiro atoms. The van der Waals surface area contributed by atoms with Gasteiger partial charge in [-0.25, -0.2) is 4.79 Å². The molecule has 3 aromatic carbocycles. The van der Waals surface area contributed by atoms with Gasteiger partial charge in [0.05, 0.1) is 28.6 Å². The lowest BCUT2D eigenvalue weighted by atomic mass is 9.55. The molecule has 4 aliphatic rings. The number of carboxylic acid groups (broad SMARTS) is 1. The van der Waals surface area contributed by atoms with Crippen LogP contribution >= 0.6 is 11.6 Å². The van der Waals surface area contributed by atoms with Crippen molar-refractivity contribution >= 4 is 35.6 Å². The molecule has 1 aliphatic heterocycles. The van der Waals surface area contributed by atoms with Gasteiger partial charge < -0.3 is 9.52 Å². The Morgan fingerprint density at radius 1 is 0.842 bits per heavy atom. The van der Waals surface area contributed by atoms with Crippen molar-refractivity contribution in [2.24, 2.45) is 16.9 Å². The van der Waals surface area contributed by atoms with E-state index in [9.17, 15) is 19.5 Å². The van der Waals surface area contributed by atoms with Crippen molar-refractivity contribution in [3.63, 3.8) is 0 Å². The van der Waals surface area contributed by atoms with Gasteiger partial charge in [-0.2, -0.15) is 10.1 Å². The van der Waals surface area contributed by atoms with E-state index in [1.807, 2.05) is 24.3 Å². The second kappa shape index (κ2) is 8.26. The quantitative estimate of drug-likeness (QED) is 0.281. The molecule has 4 aromatic rings. The number of furan rings is 1. The summed E-state index contributed by atoms with van der Waals surface area (Å²) in [6.07, 6.45) is 1.34. The number of carbonyl (C=O) groups is 3. The number of hydrogen-bond acceptors (Lipinski definition) is 5. The van der Waals surface area contributed by atoms with Gasteiger partial charge in [-0.1, -0.05) is 60.1 Å². The number of rotatable bonds is 4. The Morgan fingerprint density at radius 2 is 1.39 bits per heavy atom. The van der Waals surface area contributed by atoms with Crippen molar-refractivity contribution in [1.29, 1.82) is 0 Å². The van der Waals surface area contributed by atoms with Crippen LogP contribution in [-0.2, 0) is 9.59 Å². The smallest absolute Gasteiger partial charge is 0.337 e. The van der Waals surface area contributed by atoms with Gasteiger partial charge in [0.15, 0.2) is 0 Å². The molecule has 1 fully saturated rings. The number of carbonyl (C=O) groups excluding carboxylic acids is 2. The van der Waals surface area contributed by atoms with Crippen LogP contribution in [0.5, 0.6) is 0 Å². The van der Waals surface area contributed by atoms with E-state index in [-0.39, 0.29) is 34.2 Å². The lowest BCUT2D eigenvalue weighted by Gasteiger charge is -2.45. The monoisotopic (exact) mass is 522 g/mol. The second-order valence-corrected chi connectivity index (χ2v) is 10.1. The van der Waals surface area contributed by atoms with Crippen molar-refractivity contribution in [2.45, 2.75) is 11.8 Å². The average Bonchev–Trinajstić information content (AvgIpc) is 3.50. The first-order valence-electron chi connectivity index (χ1n) is 12.2. The molecule has 38 heavy (non-hydrogen) atoms. The van der Waals surface area contributed by atoms with Gasteiger partial charge in [0, 0.05) is 17.4 Å². The predicted octanol–water partition coefficient (Wildman–Crippen LogP) is 5.52. The molecule has 2 amide bonds. The van der Waals surface area contributed by atoms with E-state index in [2.05, 4.69) is 29.4 Å². The van der Waals surface area contributed by atoms with E-state index < -0.39 is 17.8 Å². The summed E-state index contributed by atoms with van der Waals surface area (Å²) in [6.45, 7) is 0. The van der Waals surface area contributed by atoms with Crippen molar-refractivity contribution in [1.82, 2.24) is 5.01 Å². The number of imide groups is 1. The van der Waals surface area contributed by atoms with Gasteiger partial charge in [0.25, 0.3) is 11.8 Å². The Bertz CT molecular complexity index is 1590.